The van der Waals surface area contributed by atoms with Crippen molar-refractivity contribution in [3.8, 4) is 11.1 Å². The molecule has 6 heteroatoms. The zero-order chi connectivity index (χ0) is 17.1. The molecule has 0 aromatic heterocycles. The minimum atomic E-state index is -0.714. The van der Waals surface area contributed by atoms with Crippen LogP contribution in [-0.2, 0) is 14.3 Å². The van der Waals surface area contributed by atoms with Crippen molar-refractivity contribution in [2.24, 2.45) is 0 Å². The van der Waals surface area contributed by atoms with Gasteiger partial charge in [-0.05, 0) is 58.2 Å². The molecule has 1 heterocycles. The van der Waals surface area contributed by atoms with E-state index < -0.39 is 12.3 Å². The van der Waals surface area contributed by atoms with Gasteiger partial charge in [-0.15, -0.1) is 0 Å². The fourth-order valence-corrected chi connectivity index (χ4v) is 2.76. The summed E-state index contributed by atoms with van der Waals surface area (Å²) in [5, 5.41) is 3.19. The number of rotatable bonds is 5. The number of nitrogen functional groups attached to an aromatic ring is 1. The first-order valence-corrected chi connectivity index (χ1v) is 8.33. The van der Waals surface area contributed by atoms with Crippen molar-refractivity contribution in [2.75, 3.05) is 17.7 Å². The highest BCUT2D eigenvalue weighted by Gasteiger charge is 2.33. The van der Waals surface area contributed by atoms with Crippen LogP contribution in [0.4, 0.5) is 11.4 Å². The lowest BCUT2D eigenvalue weighted by atomic mass is 10.1. The minimum absolute atomic E-state index is 0.351. The molecule has 1 aliphatic heterocycles. The number of hydrogen-bond acceptors (Lipinski definition) is 5. The summed E-state index contributed by atoms with van der Waals surface area (Å²) in [7, 11) is 0. The number of nitrogens with one attached hydrogen (secondary N) is 1. The molecule has 3 N–H and O–H groups in total. The average Bonchev–Trinajstić information content (AvgIpc) is 2.84. The van der Waals surface area contributed by atoms with Crippen molar-refractivity contribution in [3.63, 3.8) is 0 Å². The van der Waals surface area contributed by atoms with Crippen molar-refractivity contribution < 1.29 is 14.3 Å². The maximum absolute atomic E-state index is 11.7. The molecule has 2 aromatic carbocycles. The molecule has 0 spiro atoms. The molecule has 1 atom stereocenters. The van der Waals surface area contributed by atoms with Gasteiger partial charge in [-0.1, -0.05) is 24.3 Å². The number of hydrogen-bond donors (Lipinski definition) is 2. The molecular formula is C18H17BrN2O3. The Morgan fingerprint density at radius 1 is 1.12 bits per heavy atom. The zero-order valence-corrected chi connectivity index (χ0v) is 14.7. The molecule has 3 rings (SSSR count). The fourth-order valence-electron chi connectivity index (χ4n) is 2.38. The van der Waals surface area contributed by atoms with E-state index in [2.05, 4.69) is 21.2 Å². The first-order valence-electron chi connectivity index (χ1n) is 7.53. The van der Waals surface area contributed by atoms with Gasteiger partial charge in [-0.25, -0.2) is 4.79 Å². The maximum atomic E-state index is 11.7. The topological polar surface area (TPSA) is 73.6 Å². The number of nitrogens with two attached hydrogens (primary N) is 1. The van der Waals surface area contributed by atoms with E-state index in [0.717, 1.165) is 22.5 Å². The van der Waals surface area contributed by atoms with Gasteiger partial charge in [0.2, 0.25) is 6.29 Å². The van der Waals surface area contributed by atoms with E-state index in [-0.39, 0.29) is 0 Å². The normalized spacial score (nSPS) is 17.1. The van der Waals surface area contributed by atoms with Gasteiger partial charge in [0.1, 0.15) is 10.2 Å². The summed E-state index contributed by atoms with van der Waals surface area (Å²) in [5.74, 6) is -0.436. The number of esters is 1. The van der Waals surface area contributed by atoms with Crippen LogP contribution in [0.5, 0.6) is 0 Å². The van der Waals surface area contributed by atoms with Gasteiger partial charge in [-0.3, -0.25) is 0 Å². The van der Waals surface area contributed by atoms with E-state index in [1.165, 1.54) is 0 Å². The SMILES string of the molecule is CCOC1OC(=O)C(Br)=C1Nc1ccc(-c2ccc(N)cc2)cc1. The zero-order valence-electron chi connectivity index (χ0n) is 13.1. The van der Waals surface area contributed by atoms with Gasteiger partial charge in [-0.2, -0.15) is 0 Å². The fraction of sp³-hybridized carbons (Fsp3) is 0.167. The Balaban J connectivity index is 1.78. The predicted octanol–water partition coefficient (Wildman–Crippen LogP) is 3.87. The molecule has 0 saturated carbocycles. The lowest BCUT2D eigenvalue weighted by Gasteiger charge is -2.15. The van der Waals surface area contributed by atoms with Crippen molar-refractivity contribution in [3.05, 3.63) is 58.7 Å². The summed E-state index contributed by atoms with van der Waals surface area (Å²) >= 11 is 3.25. The third-order valence-corrected chi connectivity index (χ3v) is 4.34. The van der Waals surface area contributed by atoms with Crippen LogP contribution >= 0.6 is 15.9 Å². The molecule has 1 aliphatic rings. The Morgan fingerprint density at radius 2 is 1.71 bits per heavy atom. The van der Waals surface area contributed by atoms with Crippen LogP contribution in [0.15, 0.2) is 58.7 Å². The lowest BCUT2D eigenvalue weighted by molar-refractivity contribution is -0.158. The van der Waals surface area contributed by atoms with E-state index in [0.29, 0.717) is 16.8 Å². The molecular weight excluding hydrogens is 372 g/mol. The summed E-state index contributed by atoms with van der Waals surface area (Å²) in [6.45, 7) is 2.29. The molecule has 0 aliphatic carbocycles. The second-order valence-corrected chi connectivity index (χ2v) is 6.04. The van der Waals surface area contributed by atoms with E-state index >= 15 is 0 Å². The van der Waals surface area contributed by atoms with Crippen LogP contribution in [-0.4, -0.2) is 18.9 Å². The summed E-state index contributed by atoms with van der Waals surface area (Å²) in [4.78, 5) is 11.7. The van der Waals surface area contributed by atoms with Gasteiger partial charge < -0.3 is 20.5 Å². The predicted molar refractivity (Wildman–Crippen MR) is 97.4 cm³/mol. The monoisotopic (exact) mass is 388 g/mol. The molecule has 5 nitrogen and oxygen atoms in total. The van der Waals surface area contributed by atoms with E-state index in [9.17, 15) is 4.79 Å². The Kier molecular flexibility index (Phi) is 4.87. The molecule has 0 fully saturated rings. The smallest absolute Gasteiger partial charge is 0.349 e. The third-order valence-electron chi connectivity index (χ3n) is 3.59. The van der Waals surface area contributed by atoms with Gasteiger partial charge in [0.15, 0.2) is 0 Å². The van der Waals surface area contributed by atoms with Crippen LogP contribution < -0.4 is 11.1 Å². The molecule has 2 aromatic rings. The van der Waals surface area contributed by atoms with Crippen LogP contribution in [0.3, 0.4) is 0 Å². The number of cyclic esters (lactones) is 1. The molecule has 0 radical (unpaired) electrons. The first-order chi connectivity index (χ1) is 11.6. The van der Waals surface area contributed by atoms with Crippen LogP contribution in [0.1, 0.15) is 6.92 Å². The number of ether oxygens (including phenoxy) is 2. The Bertz CT molecular complexity index is 770. The highest BCUT2D eigenvalue weighted by Crippen LogP contribution is 2.30. The molecule has 0 amide bonds. The molecule has 24 heavy (non-hydrogen) atoms. The van der Waals surface area contributed by atoms with Crippen molar-refractivity contribution >= 4 is 33.3 Å². The Labute approximate surface area is 148 Å². The molecule has 0 saturated heterocycles. The summed E-state index contributed by atoms with van der Waals surface area (Å²) in [6, 6.07) is 15.6. The number of carbonyl (C=O) groups excluding carboxylic acids is 1. The second-order valence-electron chi connectivity index (χ2n) is 5.24. The third kappa shape index (κ3) is 3.44. The van der Waals surface area contributed by atoms with Gasteiger partial charge in [0.05, 0.1) is 0 Å². The number of benzene rings is 2. The van der Waals surface area contributed by atoms with Gasteiger partial charge in [0.25, 0.3) is 0 Å². The quantitative estimate of drug-likeness (QED) is 0.600. The number of carbonyl (C=O) groups is 1. The lowest BCUT2D eigenvalue weighted by Crippen LogP contribution is -2.20. The van der Waals surface area contributed by atoms with Crippen LogP contribution in [0.2, 0.25) is 0 Å². The minimum Gasteiger partial charge on any atom is -0.426 e. The Morgan fingerprint density at radius 3 is 2.29 bits per heavy atom. The average molecular weight is 389 g/mol. The van der Waals surface area contributed by atoms with Crippen LogP contribution in [0.25, 0.3) is 11.1 Å². The number of halogens is 1. The van der Waals surface area contributed by atoms with Crippen molar-refractivity contribution in [1.82, 2.24) is 0 Å². The Hall–Kier alpha value is -2.31. The van der Waals surface area contributed by atoms with Crippen molar-refractivity contribution in [1.29, 1.82) is 0 Å². The molecule has 124 valence electrons. The van der Waals surface area contributed by atoms with Crippen molar-refractivity contribution in [2.45, 2.75) is 13.2 Å². The summed E-state index contributed by atoms with van der Waals surface area (Å²) in [5.41, 5.74) is 10.0. The van der Waals surface area contributed by atoms with Gasteiger partial charge in [0, 0.05) is 18.0 Å². The highest BCUT2D eigenvalue weighted by molar-refractivity contribution is 9.12. The molecule has 0 bridgehead atoms. The maximum Gasteiger partial charge on any atom is 0.349 e. The standard InChI is InChI=1S/C18H17BrN2O3/c1-2-23-18-16(15(19)17(22)24-18)21-14-9-5-12(6-10-14)11-3-7-13(20)8-4-11/h3-10,18,21H,2,20H2,1H3. The largest absolute Gasteiger partial charge is 0.426 e. The first kappa shape index (κ1) is 16.5. The van der Waals surface area contributed by atoms with E-state index in [4.69, 9.17) is 15.2 Å². The highest BCUT2D eigenvalue weighted by atomic mass is 79.9. The van der Waals surface area contributed by atoms with Crippen LogP contribution in [0, 0.1) is 0 Å². The second kappa shape index (κ2) is 7.07. The van der Waals surface area contributed by atoms with Gasteiger partial charge >= 0.3 is 5.97 Å². The summed E-state index contributed by atoms with van der Waals surface area (Å²) in [6.07, 6.45) is -0.714. The summed E-state index contributed by atoms with van der Waals surface area (Å²) < 4.78 is 10.9. The van der Waals surface area contributed by atoms with E-state index in [1.54, 1.807) is 0 Å². The van der Waals surface area contributed by atoms with E-state index in [1.807, 2.05) is 55.5 Å². The number of anilines is 2. The molecule has 1 unspecified atom stereocenters.